The lowest BCUT2D eigenvalue weighted by atomic mass is 9.99. The minimum absolute atomic E-state index is 0.128. The van der Waals surface area contributed by atoms with Crippen LogP contribution >= 0.6 is 0 Å². The van der Waals surface area contributed by atoms with E-state index in [1.807, 2.05) is 4.90 Å². The quantitative estimate of drug-likeness (QED) is 0.413. The number of hydrogen-bond donors (Lipinski definition) is 3. The summed E-state index contributed by atoms with van der Waals surface area (Å²) in [6.07, 6.45) is -2.46. The van der Waals surface area contributed by atoms with Gasteiger partial charge in [-0.1, -0.05) is 0 Å². The minimum Gasteiger partial charge on any atom is -0.481 e. The predicted octanol–water partition coefficient (Wildman–Crippen LogP) is 2.11. The van der Waals surface area contributed by atoms with E-state index in [1.165, 1.54) is 33.2 Å². The zero-order valence-corrected chi connectivity index (χ0v) is 20.2. The van der Waals surface area contributed by atoms with Crippen molar-refractivity contribution in [3.8, 4) is 0 Å². The third-order valence-electron chi connectivity index (χ3n) is 6.12. The number of hydrogen-bond acceptors (Lipinski definition) is 8. The van der Waals surface area contributed by atoms with Crippen molar-refractivity contribution >= 4 is 29.1 Å². The first kappa shape index (κ1) is 26.8. The molecule has 0 unspecified atom stereocenters. The summed E-state index contributed by atoms with van der Waals surface area (Å²) < 4.78 is 50.8. The second-order valence-corrected chi connectivity index (χ2v) is 8.33. The van der Waals surface area contributed by atoms with E-state index >= 15 is 0 Å². The van der Waals surface area contributed by atoms with E-state index in [0.717, 1.165) is 4.57 Å². The van der Waals surface area contributed by atoms with Gasteiger partial charge >= 0.3 is 12.2 Å². The summed E-state index contributed by atoms with van der Waals surface area (Å²) in [6.45, 7) is 0.842. The molecule has 3 heterocycles. The number of nitrogens with one attached hydrogen (secondary N) is 2. The van der Waals surface area contributed by atoms with Crippen molar-refractivity contribution in [3.63, 3.8) is 0 Å². The van der Waals surface area contributed by atoms with Gasteiger partial charge in [0.2, 0.25) is 5.90 Å². The molecule has 2 amide bonds. The van der Waals surface area contributed by atoms with Gasteiger partial charge in [-0.3, -0.25) is 10.2 Å². The maximum absolute atomic E-state index is 13.2. The van der Waals surface area contributed by atoms with Crippen molar-refractivity contribution in [2.75, 3.05) is 50.3 Å². The van der Waals surface area contributed by atoms with E-state index in [0.29, 0.717) is 43.0 Å². The molecular weight excluding hydrogens is 483 g/mol. The van der Waals surface area contributed by atoms with Gasteiger partial charge in [-0.25, -0.2) is 9.78 Å². The highest BCUT2D eigenvalue weighted by Gasteiger charge is 2.36. The fourth-order valence-electron chi connectivity index (χ4n) is 4.05. The molecule has 3 rings (SSSR count). The Morgan fingerprint density at radius 3 is 2.64 bits per heavy atom. The number of aryl methyl sites for hydroxylation is 1. The van der Waals surface area contributed by atoms with Crippen molar-refractivity contribution < 1.29 is 27.4 Å². The largest absolute Gasteiger partial charge is 0.481 e. The van der Waals surface area contributed by atoms with E-state index in [9.17, 15) is 22.8 Å². The van der Waals surface area contributed by atoms with Gasteiger partial charge < -0.3 is 34.9 Å². The fourth-order valence-corrected chi connectivity index (χ4v) is 4.05. The third-order valence-corrected chi connectivity index (χ3v) is 6.12. The molecule has 196 valence electrons. The van der Waals surface area contributed by atoms with Crippen LogP contribution in [0.2, 0.25) is 0 Å². The lowest BCUT2D eigenvalue weighted by molar-refractivity contribution is -0.138. The Bertz CT molecular complexity index is 1200. The maximum Gasteiger partial charge on any atom is 0.417 e. The zero-order chi connectivity index (χ0) is 26.8. The number of nitrogen functional groups attached to an aromatic ring is 1. The number of likely N-dealkylation sites (N-methyl/N-ethyl adjacent to an activating group) is 1. The smallest absolute Gasteiger partial charge is 0.417 e. The lowest BCUT2D eigenvalue weighted by Crippen LogP contribution is -2.56. The number of pyridine rings is 2. The first-order valence-electron chi connectivity index (χ1n) is 10.8. The van der Waals surface area contributed by atoms with Crippen LogP contribution in [0, 0.1) is 5.41 Å². The molecule has 1 aliphatic heterocycles. The number of rotatable bonds is 5. The van der Waals surface area contributed by atoms with Crippen molar-refractivity contribution in [3.05, 3.63) is 46.0 Å². The van der Waals surface area contributed by atoms with Crippen LogP contribution < -0.4 is 21.5 Å². The molecule has 0 aromatic carbocycles. The van der Waals surface area contributed by atoms with Gasteiger partial charge in [0, 0.05) is 40.5 Å². The van der Waals surface area contributed by atoms with E-state index in [2.05, 4.69) is 10.3 Å². The van der Waals surface area contributed by atoms with Gasteiger partial charge in [-0.15, -0.1) is 0 Å². The number of urea groups is 1. The number of ether oxygens (including phenoxy) is 2. The Hall–Kier alpha value is -3.81. The van der Waals surface area contributed by atoms with Crippen LogP contribution in [-0.2, 0) is 22.7 Å². The lowest BCUT2D eigenvalue weighted by Gasteiger charge is -2.42. The molecule has 0 saturated carbocycles. The SMILES string of the molecule is COC(=N)c1cc(N2CC[C@@H](N(C)C(=O)Nc3cc(C(F)(F)F)cn(C)c3=O)[C@H](OC)C2)cnc1N. The average Bonchev–Trinajstić information content (AvgIpc) is 2.84. The van der Waals surface area contributed by atoms with Crippen LogP contribution in [0.4, 0.5) is 35.2 Å². The molecule has 0 bridgehead atoms. The van der Waals surface area contributed by atoms with E-state index < -0.39 is 41.2 Å². The zero-order valence-electron chi connectivity index (χ0n) is 20.2. The number of carbonyl (C=O) groups excluding carboxylic acids is 1. The van der Waals surface area contributed by atoms with Crippen molar-refractivity contribution in [1.82, 2.24) is 14.5 Å². The van der Waals surface area contributed by atoms with Gasteiger partial charge in [0.1, 0.15) is 11.5 Å². The third kappa shape index (κ3) is 5.53. The van der Waals surface area contributed by atoms with Crippen LogP contribution in [0.3, 0.4) is 0 Å². The van der Waals surface area contributed by atoms with Gasteiger partial charge in [-0.2, -0.15) is 13.2 Å². The number of nitrogens with two attached hydrogens (primary N) is 1. The summed E-state index contributed by atoms with van der Waals surface area (Å²) in [5.41, 5.74) is 4.57. The Labute approximate surface area is 205 Å². The summed E-state index contributed by atoms with van der Waals surface area (Å²) in [7, 11) is 5.52. The molecule has 14 heteroatoms. The second kappa shape index (κ2) is 10.4. The number of alkyl halides is 3. The molecule has 0 radical (unpaired) electrons. The number of piperidine rings is 1. The molecule has 1 saturated heterocycles. The molecule has 2 aromatic heterocycles. The standard InChI is InChI=1S/C22H28F3N7O4/c1-30-10-12(22(23,24)25)7-15(20(30)33)29-21(34)31(2)16-5-6-32(11-17(16)35-3)13-8-14(19(27)36-4)18(26)28-9-13/h7-10,16-17,27H,5-6,11H2,1-4H3,(H2,26,28)(H,29,34)/t16-,17-/m1/s1. The van der Waals surface area contributed by atoms with E-state index in [4.69, 9.17) is 20.6 Å². The fraction of sp³-hybridized carbons (Fsp3) is 0.455. The Balaban J connectivity index is 1.76. The maximum atomic E-state index is 13.2. The Morgan fingerprint density at radius 1 is 1.33 bits per heavy atom. The summed E-state index contributed by atoms with van der Waals surface area (Å²) in [6, 6.07) is 1.13. The Morgan fingerprint density at radius 2 is 2.03 bits per heavy atom. The highest BCUT2D eigenvalue weighted by Crippen LogP contribution is 2.30. The summed E-state index contributed by atoms with van der Waals surface area (Å²) >= 11 is 0. The van der Waals surface area contributed by atoms with Gasteiger partial charge in [0.25, 0.3) is 5.56 Å². The molecule has 11 nitrogen and oxygen atoms in total. The molecule has 1 aliphatic rings. The number of nitrogens with zero attached hydrogens (tertiary/aromatic N) is 4. The normalized spacial score (nSPS) is 18.0. The van der Waals surface area contributed by atoms with Gasteiger partial charge in [0.15, 0.2) is 0 Å². The van der Waals surface area contributed by atoms with Crippen LogP contribution in [0.1, 0.15) is 17.5 Å². The number of anilines is 3. The summed E-state index contributed by atoms with van der Waals surface area (Å²) in [4.78, 5) is 32.6. The number of halogens is 3. The van der Waals surface area contributed by atoms with Gasteiger partial charge in [0.05, 0.1) is 42.3 Å². The van der Waals surface area contributed by atoms with Crippen LogP contribution in [0.15, 0.2) is 29.3 Å². The molecule has 4 N–H and O–H groups in total. The van der Waals surface area contributed by atoms with Crippen LogP contribution in [0.25, 0.3) is 0 Å². The highest BCUT2D eigenvalue weighted by atomic mass is 19.4. The average molecular weight is 512 g/mol. The summed E-state index contributed by atoms with van der Waals surface area (Å²) in [5, 5.41) is 10.2. The predicted molar refractivity (Wildman–Crippen MR) is 127 cm³/mol. The Kier molecular flexibility index (Phi) is 7.77. The topological polar surface area (TPSA) is 139 Å². The summed E-state index contributed by atoms with van der Waals surface area (Å²) in [5.74, 6) is 0.0260. The molecule has 36 heavy (non-hydrogen) atoms. The molecular formula is C22H28F3N7O4. The number of methoxy groups -OCH3 is 2. The highest BCUT2D eigenvalue weighted by molar-refractivity contribution is 5.96. The monoisotopic (exact) mass is 511 g/mol. The molecule has 2 aromatic rings. The molecule has 0 spiro atoms. The van der Waals surface area contributed by atoms with Crippen LogP contribution in [-0.4, -0.2) is 72.9 Å². The van der Waals surface area contributed by atoms with E-state index in [1.54, 1.807) is 12.3 Å². The second-order valence-electron chi connectivity index (χ2n) is 8.33. The molecule has 1 fully saturated rings. The minimum atomic E-state index is -4.68. The van der Waals surface area contributed by atoms with Gasteiger partial charge in [-0.05, 0) is 18.6 Å². The van der Waals surface area contributed by atoms with E-state index in [-0.39, 0.29) is 11.7 Å². The first-order chi connectivity index (χ1) is 16.9. The first-order valence-corrected chi connectivity index (χ1v) is 10.8. The number of amides is 2. The van der Waals surface area contributed by atoms with Crippen molar-refractivity contribution in [2.45, 2.75) is 24.7 Å². The number of aromatic nitrogens is 2. The van der Waals surface area contributed by atoms with Crippen LogP contribution in [0.5, 0.6) is 0 Å². The van der Waals surface area contributed by atoms with Crippen molar-refractivity contribution in [1.29, 1.82) is 5.41 Å². The molecule has 0 aliphatic carbocycles. The molecule has 2 atom stereocenters. The van der Waals surface area contributed by atoms with Crippen molar-refractivity contribution in [2.24, 2.45) is 7.05 Å². The number of carbonyl (C=O) groups is 1.